The van der Waals surface area contributed by atoms with Crippen molar-refractivity contribution in [3.05, 3.63) is 34.9 Å². The Morgan fingerprint density at radius 2 is 1.93 bits per heavy atom. The van der Waals surface area contributed by atoms with E-state index in [1.807, 2.05) is 0 Å². The Bertz CT molecular complexity index is 291. The van der Waals surface area contributed by atoms with Crippen molar-refractivity contribution in [3.8, 4) is 0 Å². The van der Waals surface area contributed by atoms with E-state index in [0.29, 0.717) is 6.04 Å². The first kappa shape index (κ1) is 11.3. The van der Waals surface area contributed by atoms with Crippen LogP contribution in [0.15, 0.2) is 18.2 Å². The van der Waals surface area contributed by atoms with E-state index >= 15 is 0 Å². The van der Waals surface area contributed by atoms with Crippen molar-refractivity contribution >= 4 is 0 Å². The predicted molar refractivity (Wildman–Crippen MR) is 62.6 cm³/mol. The normalized spacial score (nSPS) is 12.9. The van der Waals surface area contributed by atoms with E-state index < -0.39 is 0 Å². The van der Waals surface area contributed by atoms with Gasteiger partial charge in [0.2, 0.25) is 0 Å². The van der Waals surface area contributed by atoms with Crippen molar-refractivity contribution in [3.63, 3.8) is 0 Å². The van der Waals surface area contributed by atoms with E-state index in [1.54, 1.807) is 0 Å². The lowest BCUT2D eigenvalue weighted by molar-refractivity contribution is 0.534. The molecule has 0 aromatic heterocycles. The van der Waals surface area contributed by atoms with Gasteiger partial charge >= 0.3 is 0 Å². The molecule has 0 saturated heterocycles. The van der Waals surface area contributed by atoms with Gasteiger partial charge in [-0.3, -0.25) is 0 Å². The summed E-state index contributed by atoms with van der Waals surface area (Å²) in [5, 5.41) is 3.52. The van der Waals surface area contributed by atoms with E-state index in [4.69, 9.17) is 0 Å². The minimum Gasteiger partial charge on any atom is -0.310 e. The van der Waals surface area contributed by atoms with Crippen LogP contribution >= 0.6 is 0 Å². The van der Waals surface area contributed by atoms with Gasteiger partial charge in [0.25, 0.3) is 0 Å². The molecule has 0 saturated carbocycles. The Balaban J connectivity index is 2.97. The first-order valence-electron chi connectivity index (χ1n) is 5.50. The Morgan fingerprint density at radius 3 is 2.50 bits per heavy atom. The van der Waals surface area contributed by atoms with E-state index in [0.717, 1.165) is 13.0 Å². The molecule has 1 atom stereocenters. The number of nitrogens with one attached hydrogen (secondary N) is 1. The SMILES string of the molecule is CCNC(CC)c1cccc(C)c1C. The molecule has 1 unspecified atom stereocenters. The Morgan fingerprint density at radius 1 is 1.21 bits per heavy atom. The van der Waals surface area contributed by atoms with E-state index in [-0.39, 0.29) is 0 Å². The number of aryl methyl sites for hydroxylation is 1. The summed E-state index contributed by atoms with van der Waals surface area (Å²) in [5.41, 5.74) is 4.27. The maximum atomic E-state index is 3.52. The van der Waals surface area contributed by atoms with Gasteiger partial charge in [-0.05, 0) is 43.5 Å². The zero-order chi connectivity index (χ0) is 10.6. The van der Waals surface area contributed by atoms with Crippen molar-refractivity contribution in [2.24, 2.45) is 0 Å². The van der Waals surface area contributed by atoms with Gasteiger partial charge in [0.05, 0.1) is 0 Å². The Hall–Kier alpha value is -0.820. The van der Waals surface area contributed by atoms with Crippen LogP contribution in [0, 0.1) is 13.8 Å². The quantitative estimate of drug-likeness (QED) is 0.769. The second-order valence-corrected chi connectivity index (χ2v) is 3.81. The van der Waals surface area contributed by atoms with Crippen LogP contribution in [0.25, 0.3) is 0 Å². The fourth-order valence-electron chi connectivity index (χ4n) is 1.87. The fraction of sp³-hybridized carbons (Fsp3) is 0.538. The number of hydrogen-bond acceptors (Lipinski definition) is 1. The standard InChI is InChI=1S/C13H21N/c1-5-13(14-6-2)12-9-7-8-10(3)11(12)4/h7-9,13-14H,5-6H2,1-4H3. The second-order valence-electron chi connectivity index (χ2n) is 3.81. The summed E-state index contributed by atoms with van der Waals surface area (Å²) < 4.78 is 0. The zero-order valence-electron chi connectivity index (χ0n) is 9.72. The number of benzene rings is 1. The molecule has 1 heteroatoms. The smallest absolute Gasteiger partial charge is 0.0320 e. The van der Waals surface area contributed by atoms with Gasteiger partial charge < -0.3 is 5.32 Å². The highest BCUT2D eigenvalue weighted by atomic mass is 14.9. The van der Waals surface area contributed by atoms with Crippen LogP contribution in [-0.4, -0.2) is 6.54 Å². The van der Waals surface area contributed by atoms with Crippen LogP contribution < -0.4 is 5.32 Å². The molecule has 14 heavy (non-hydrogen) atoms. The lowest BCUT2D eigenvalue weighted by Crippen LogP contribution is -2.21. The van der Waals surface area contributed by atoms with Gasteiger partial charge in [-0.2, -0.15) is 0 Å². The third-order valence-electron chi connectivity index (χ3n) is 2.88. The van der Waals surface area contributed by atoms with E-state index in [9.17, 15) is 0 Å². The first-order valence-corrected chi connectivity index (χ1v) is 5.50. The van der Waals surface area contributed by atoms with Crippen molar-refractivity contribution in [2.45, 2.75) is 40.2 Å². The predicted octanol–water partition coefficient (Wildman–Crippen LogP) is 3.36. The molecule has 0 spiro atoms. The molecular formula is C13H21N. The van der Waals surface area contributed by atoms with Crippen LogP contribution in [0.5, 0.6) is 0 Å². The molecule has 0 fully saturated rings. The van der Waals surface area contributed by atoms with E-state index in [2.05, 4.69) is 51.2 Å². The molecular weight excluding hydrogens is 170 g/mol. The van der Waals surface area contributed by atoms with Gasteiger partial charge in [0, 0.05) is 6.04 Å². The molecule has 1 nitrogen and oxygen atoms in total. The minimum absolute atomic E-state index is 0.514. The summed E-state index contributed by atoms with van der Waals surface area (Å²) in [6, 6.07) is 7.08. The van der Waals surface area contributed by atoms with Crippen molar-refractivity contribution in [2.75, 3.05) is 6.54 Å². The maximum Gasteiger partial charge on any atom is 0.0320 e. The Labute approximate surface area is 87.5 Å². The average molecular weight is 191 g/mol. The number of hydrogen-bond donors (Lipinski definition) is 1. The highest BCUT2D eigenvalue weighted by Gasteiger charge is 2.10. The van der Waals surface area contributed by atoms with Crippen LogP contribution in [0.3, 0.4) is 0 Å². The van der Waals surface area contributed by atoms with Gasteiger partial charge in [0.1, 0.15) is 0 Å². The highest BCUT2D eigenvalue weighted by Crippen LogP contribution is 2.22. The molecule has 0 amide bonds. The molecule has 1 N–H and O–H groups in total. The lowest BCUT2D eigenvalue weighted by atomic mass is 9.96. The summed E-state index contributed by atoms with van der Waals surface area (Å²) >= 11 is 0. The van der Waals surface area contributed by atoms with Crippen molar-refractivity contribution in [1.82, 2.24) is 5.32 Å². The summed E-state index contributed by atoms with van der Waals surface area (Å²) in [5.74, 6) is 0. The maximum absolute atomic E-state index is 3.52. The molecule has 1 aromatic carbocycles. The van der Waals surface area contributed by atoms with Gasteiger partial charge in [-0.1, -0.05) is 32.0 Å². The molecule has 1 aromatic rings. The van der Waals surface area contributed by atoms with Crippen LogP contribution in [0.1, 0.15) is 43.0 Å². The molecule has 0 aliphatic carbocycles. The summed E-state index contributed by atoms with van der Waals surface area (Å²) in [6.45, 7) is 9.82. The van der Waals surface area contributed by atoms with Crippen LogP contribution in [0.2, 0.25) is 0 Å². The number of rotatable bonds is 4. The summed E-state index contributed by atoms with van der Waals surface area (Å²) in [6.07, 6.45) is 1.15. The average Bonchev–Trinajstić information content (AvgIpc) is 2.19. The molecule has 0 aliphatic heterocycles. The molecule has 0 radical (unpaired) electrons. The van der Waals surface area contributed by atoms with Crippen molar-refractivity contribution in [1.29, 1.82) is 0 Å². The third-order valence-corrected chi connectivity index (χ3v) is 2.88. The van der Waals surface area contributed by atoms with Gasteiger partial charge in [-0.25, -0.2) is 0 Å². The molecule has 0 heterocycles. The largest absolute Gasteiger partial charge is 0.310 e. The third kappa shape index (κ3) is 2.36. The topological polar surface area (TPSA) is 12.0 Å². The molecule has 0 aliphatic rings. The van der Waals surface area contributed by atoms with Crippen LogP contribution in [-0.2, 0) is 0 Å². The van der Waals surface area contributed by atoms with Gasteiger partial charge in [-0.15, -0.1) is 0 Å². The molecule has 0 bridgehead atoms. The fourth-order valence-corrected chi connectivity index (χ4v) is 1.87. The zero-order valence-corrected chi connectivity index (χ0v) is 9.72. The lowest BCUT2D eigenvalue weighted by Gasteiger charge is -2.19. The van der Waals surface area contributed by atoms with Crippen molar-refractivity contribution < 1.29 is 0 Å². The highest BCUT2D eigenvalue weighted by molar-refractivity contribution is 5.35. The van der Waals surface area contributed by atoms with Crippen LogP contribution in [0.4, 0.5) is 0 Å². The van der Waals surface area contributed by atoms with Gasteiger partial charge in [0.15, 0.2) is 0 Å². The Kier molecular flexibility index (Phi) is 4.15. The molecule has 78 valence electrons. The monoisotopic (exact) mass is 191 g/mol. The molecule has 1 rings (SSSR count). The first-order chi connectivity index (χ1) is 6.70. The summed E-state index contributed by atoms with van der Waals surface area (Å²) in [7, 11) is 0. The summed E-state index contributed by atoms with van der Waals surface area (Å²) in [4.78, 5) is 0. The minimum atomic E-state index is 0.514. The van der Waals surface area contributed by atoms with E-state index in [1.165, 1.54) is 16.7 Å². The second kappa shape index (κ2) is 5.16.